The molecule has 2 unspecified atom stereocenters. The van der Waals surface area contributed by atoms with E-state index in [1.54, 1.807) is 33.6 Å². The first-order valence-electron chi connectivity index (χ1n) is 8.02. The van der Waals surface area contributed by atoms with Crippen LogP contribution in [0.25, 0.3) is 0 Å². The number of hydrogen-bond acceptors (Lipinski definition) is 4. The lowest BCUT2D eigenvalue weighted by Crippen LogP contribution is -2.47. The highest BCUT2D eigenvalue weighted by Gasteiger charge is 2.47. The first kappa shape index (κ1) is 14.8. The summed E-state index contributed by atoms with van der Waals surface area (Å²) in [7, 11) is -3.43. The Morgan fingerprint density at radius 3 is 2.30 bits per heavy atom. The Balaban J connectivity index is 1.64. The number of nitrogens with zero attached hydrogens (tertiary/aromatic N) is 4. The maximum absolute atomic E-state index is 13.1. The molecule has 1 aromatic heterocycles. The standard InChI is InChI=1S/C16H20N4O2S/c1-12-3-2-4-16(9-12)23(21,22)19-13-5-6-14(19)11-15(10-13)20-17-7-8-18-20/h2-4,7-9,13-15H,5-6,10-11H2,1H3. The van der Waals surface area contributed by atoms with E-state index in [4.69, 9.17) is 0 Å². The molecular weight excluding hydrogens is 312 g/mol. The fourth-order valence-electron chi connectivity index (χ4n) is 4.00. The van der Waals surface area contributed by atoms with Gasteiger partial charge in [-0.15, -0.1) is 0 Å². The maximum atomic E-state index is 13.1. The van der Waals surface area contributed by atoms with Crippen LogP contribution in [-0.4, -0.2) is 39.8 Å². The second-order valence-corrected chi connectivity index (χ2v) is 8.35. The Morgan fingerprint density at radius 2 is 1.70 bits per heavy atom. The van der Waals surface area contributed by atoms with E-state index in [9.17, 15) is 8.42 Å². The quantitative estimate of drug-likeness (QED) is 0.863. The minimum atomic E-state index is -3.43. The van der Waals surface area contributed by atoms with Crippen LogP contribution in [-0.2, 0) is 10.0 Å². The average molecular weight is 332 g/mol. The second kappa shape index (κ2) is 5.42. The van der Waals surface area contributed by atoms with E-state index in [2.05, 4.69) is 10.2 Å². The van der Waals surface area contributed by atoms with Crippen molar-refractivity contribution in [2.45, 2.75) is 55.6 Å². The van der Waals surface area contributed by atoms with Gasteiger partial charge in [-0.1, -0.05) is 12.1 Å². The lowest BCUT2D eigenvalue weighted by atomic mass is 10.0. The molecule has 0 N–H and O–H groups in total. The molecule has 7 heteroatoms. The molecule has 2 aliphatic rings. The minimum absolute atomic E-state index is 0.0512. The Kier molecular flexibility index (Phi) is 3.50. The van der Waals surface area contributed by atoms with Crippen LogP contribution >= 0.6 is 0 Å². The smallest absolute Gasteiger partial charge is 0.207 e. The van der Waals surface area contributed by atoms with Gasteiger partial charge < -0.3 is 0 Å². The highest BCUT2D eigenvalue weighted by Crippen LogP contribution is 2.43. The van der Waals surface area contributed by atoms with Crippen LogP contribution in [0.4, 0.5) is 0 Å². The number of sulfonamides is 1. The van der Waals surface area contributed by atoms with Crippen molar-refractivity contribution in [2.24, 2.45) is 0 Å². The fraction of sp³-hybridized carbons (Fsp3) is 0.500. The van der Waals surface area contributed by atoms with Crippen LogP contribution in [0.2, 0.25) is 0 Å². The Morgan fingerprint density at radius 1 is 1.04 bits per heavy atom. The van der Waals surface area contributed by atoms with E-state index in [-0.39, 0.29) is 18.1 Å². The molecule has 2 saturated heterocycles. The number of rotatable bonds is 3. The van der Waals surface area contributed by atoms with Crippen LogP contribution in [0, 0.1) is 6.92 Å². The predicted molar refractivity (Wildman–Crippen MR) is 85.3 cm³/mol. The van der Waals surface area contributed by atoms with Crippen LogP contribution in [0.3, 0.4) is 0 Å². The molecule has 1 aromatic carbocycles. The molecule has 6 nitrogen and oxygen atoms in total. The Hall–Kier alpha value is -1.73. The molecule has 3 heterocycles. The zero-order valence-corrected chi connectivity index (χ0v) is 13.9. The van der Waals surface area contributed by atoms with Gasteiger partial charge in [0.25, 0.3) is 0 Å². The number of hydrogen-bond donors (Lipinski definition) is 0. The van der Waals surface area contributed by atoms with Gasteiger partial charge >= 0.3 is 0 Å². The third-order valence-corrected chi connectivity index (χ3v) is 6.97. The van der Waals surface area contributed by atoms with Crippen molar-refractivity contribution in [2.75, 3.05) is 0 Å². The summed E-state index contributed by atoms with van der Waals surface area (Å²) in [5.74, 6) is 0. The highest BCUT2D eigenvalue weighted by molar-refractivity contribution is 7.89. The van der Waals surface area contributed by atoms with Crippen molar-refractivity contribution < 1.29 is 8.42 Å². The molecule has 0 saturated carbocycles. The van der Waals surface area contributed by atoms with Crippen LogP contribution < -0.4 is 0 Å². The van der Waals surface area contributed by atoms with Crippen molar-refractivity contribution in [3.63, 3.8) is 0 Å². The number of aryl methyl sites for hydroxylation is 1. The lowest BCUT2D eigenvalue weighted by molar-refractivity contribution is 0.174. The summed E-state index contributed by atoms with van der Waals surface area (Å²) < 4.78 is 27.9. The molecule has 0 radical (unpaired) electrons. The maximum Gasteiger partial charge on any atom is 0.243 e. The number of piperidine rings is 1. The van der Waals surface area contributed by atoms with E-state index in [1.807, 2.05) is 19.1 Å². The van der Waals surface area contributed by atoms with Crippen molar-refractivity contribution in [1.82, 2.24) is 19.3 Å². The number of fused-ring (bicyclic) bond motifs is 2. The molecule has 2 atom stereocenters. The molecular formula is C16H20N4O2S. The summed E-state index contributed by atoms with van der Waals surface area (Å²) in [5, 5.41) is 8.46. The third kappa shape index (κ3) is 2.48. The van der Waals surface area contributed by atoms with Crippen LogP contribution in [0.5, 0.6) is 0 Å². The van der Waals surface area contributed by atoms with Crippen molar-refractivity contribution >= 4 is 10.0 Å². The molecule has 2 fully saturated rings. The van der Waals surface area contributed by atoms with Gasteiger partial charge in [0.2, 0.25) is 10.0 Å². The van der Waals surface area contributed by atoms with Crippen molar-refractivity contribution in [1.29, 1.82) is 0 Å². The van der Waals surface area contributed by atoms with E-state index in [0.29, 0.717) is 4.90 Å². The van der Waals surface area contributed by atoms with Crippen molar-refractivity contribution in [3.05, 3.63) is 42.2 Å². The van der Waals surface area contributed by atoms with E-state index >= 15 is 0 Å². The predicted octanol–water partition coefficient (Wildman–Crippen LogP) is 2.14. The molecule has 122 valence electrons. The van der Waals surface area contributed by atoms with Crippen LogP contribution in [0.15, 0.2) is 41.6 Å². The zero-order chi connectivity index (χ0) is 16.0. The van der Waals surface area contributed by atoms with E-state index in [1.165, 1.54) is 0 Å². The van der Waals surface area contributed by atoms with Gasteiger partial charge in [0.1, 0.15) is 0 Å². The van der Waals surface area contributed by atoms with Gasteiger partial charge in [-0.3, -0.25) is 0 Å². The van der Waals surface area contributed by atoms with Gasteiger partial charge in [-0.25, -0.2) is 8.42 Å². The highest BCUT2D eigenvalue weighted by atomic mass is 32.2. The average Bonchev–Trinajstić information content (AvgIpc) is 3.14. The van der Waals surface area contributed by atoms with Crippen LogP contribution in [0.1, 0.15) is 37.3 Å². The van der Waals surface area contributed by atoms with Gasteiger partial charge in [-0.05, 0) is 50.3 Å². The van der Waals surface area contributed by atoms with Gasteiger partial charge in [0, 0.05) is 12.1 Å². The summed E-state index contributed by atoms with van der Waals surface area (Å²) in [4.78, 5) is 2.15. The van der Waals surface area contributed by atoms with Gasteiger partial charge in [0.05, 0.1) is 23.3 Å². The summed E-state index contributed by atoms with van der Waals surface area (Å²) in [6, 6.07) is 7.49. The fourth-order valence-corrected chi connectivity index (χ4v) is 6.00. The lowest BCUT2D eigenvalue weighted by Gasteiger charge is -2.37. The van der Waals surface area contributed by atoms with Crippen molar-refractivity contribution in [3.8, 4) is 0 Å². The van der Waals surface area contributed by atoms with Gasteiger partial charge in [0.15, 0.2) is 0 Å². The molecule has 0 spiro atoms. The monoisotopic (exact) mass is 332 g/mol. The molecule has 0 aliphatic carbocycles. The molecule has 4 rings (SSSR count). The number of aromatic nitrogens is 3. The second-order valence-electron chi connectivity index (χ2n) is 6.51. The Labute approximate surface area is 136 Å². The number of benzene rings is 1. The topological polar surface area (TPSA) is 68.1 Å². The first-order valence-corrected chi connectivity index (χ1v) is 9.46. The summed E-state index contributed by atoms with van der Waals surface area (Å²) in [6.07, 6.45) is 6.78. The summed E-state index contributed by atoms with van der Waals surface area (Å²) in [5.41, 5.74) is 0.967. The van der Waals surface area contributed by atoms with Gasteiger partial charge in [-0.2, -0.15) is 19.3 Å². The Bertz CT molecular complexity index is 789. The summed E-state index contributed by atoms with van der Waals surface area (Å²) >= 11 is 0. The summed E-state index contributed by atoms with van der Waals surface area (Å²) in [6.45, 7) is 1.92. The van der Waals surface area contributed by atoms with E-state index in [0.717, 1.165) is 31.2 Å². The molecule has 2 bridgehead atoms. The zero-order valence-electron chi connectivity index (χ0n) is 13.0. The normalized spacial score (nSPS) is 28.1. The third-order valence-electron chi connectivity index (χ3n) is 4.97. The SMILES string of the molecule is Cc1cccc(S(=O)(=O)N2C3CCC2CC(n2nccn2)C3)c1. The largest absolute Gasteiger partial charge is 0.243 e. The molecule has 2 aliphatic heterocycles. The molecule has 23 heavy (non-hydrogen) atoms. The van der Waals surface area contributed by atoms with E-state index < -0.39 is 10.0 Å². The molecule has 2 aromatic rings. The molecule has 0 amide bonds. The minimum Gasteiger partial charge on any atom is -0.207 e. The first-order chi connectivity index (χ1) is 11.1.